The number of carbonyl (C=O) groups excluding carboxylic acids is 2. The van der Waals surface area contributed by atoms with Crippen LogP contribution < -0.4 is 10.6 Å². The minimum absolute atomic E-state index is 0.0452. The van der Waals surface area contributed by atoms with Gasteiger partial charge in [0.1, 0.15) is 0 Å². The average Bonchev–Trinajstić information content (AvgIpc) is 2.42. The minimum atomic E-state index is -0.790. The molecule has 0 aromatic heterocycles. The van der Waals surface area contributed by atoms with E-state index in [0.717, 1.165) is 0 Å². The maximum atomic E-state index is 11.7. The van der Waals surface area contributed by atoms with Crippen molar-refractivity contribution in [3.63, 3.8) is 0 Å². The Morgan fingerprint density at radius 1 is 1.24 bits per heavy atom. The van der Waals surface area contributed by atoms with Crippen molar-refractivity contribution >= 4 is 40.7 Å². The fraction of sp³-hybridized carbons (Fsp3) is 0.429. The molecule has 1 aromatic rings. The molecule has 1 atom stereocenters. The predicted molar refractivity (Wildman–Crippen MR) is 83.7 cm³/mol. The van der Waals surface area contributed by atoms with Gasteiger partial charge >= 0.3 is 11.8 Å². The number of carbonyl (C=O) groups is 2. The highest BCUT2D eigenvalue weighted by molar-refractivity contribution is 6.40. The Bertz CT molecular complexity index is 512. The van der Waals surface area contributed by atoms with Gasteiger partial charge in [0, 0.05) is 28.9 Å². The largest absolute Gasteiger partial charge is 0.396 e. The zero-order valence-corrected chi connectivity index (χ0v) is 13.4. The number of halogens is 2. The lowest BCUT2D eigenvalue weighted by molar-refractivity contribution is -0.136. The highest BCUT2D eigenvalue weighted by atomic mass is 35.5. The molecule has 0 saturated heterocycles. The van der Waals surface area contributed by atoms with Gasteiger partial charge in [0.15, 0.2) is 0 Å². The highest BCUT2D eigenvalue weighted by Gasteiger charge is 2.15. The zero-order valence-electron chi connectivity index (χ0n) is 11.9. The smallest absolute Gasteiger partial charge is 0.313 e. The van der Waals surface area contributed by atoms with Crippen LogP contribution in [0.25, 0.3) is 0 Å². The molecule has 2 amide bonds. The summed E-state index contributed by atoms with van der Waals surface area (Å²) in [6.45, 7) is 3.99. The monoisotopic (exact) mass is 332 g/mol. The summed E-state index contributed by atoms with van der Waals surface area (Å²) in [4.78, 5) is 23.4. The molecule has 1 unspecified atom stereocenters. The third-order valence-electron chi connectivity index (χ3n) is 2.98. The fourth-order valence-corrected chi connectivity index (χ4v) is 2.06. The molecule has 0 heterocycles. The number of hydrogen-bond acceptors (Lipinski definition) is 3. The quantitative estimate of drug-likeness (QED) is 0.724. The second kappa shape index (κ2) is 8.22. The summed E-state index contributed by atoms with van der Waals surface area (Å²) >= 11 is 11.9. The van der Waals surface area contributed by atoms with Gasteiger partial charge in [-0.2, -0.15) is 0 Å². The van der Waals surface area contributed by atoms with E-state index in [4.69, 9.17) is 28.3 Å². The Balaban J connectivity index is 2.58. The fourth-order valence-electron chi connectivity index (χ4n) is 1.57. The molecule has 0 saturated carbocycles. The molecule has 1 aromatic carbocycles. The van der Waals surface area contributed by atoms with E-state index in [1.807, 2.05) is 6.92 Å². The molecule has 0 aliphatic rings. The van der Waals surface area contributed by atoms with Crippen molar-refractivity contribution in [2.75, 3.05) is 18.5 Å². The van der Waals surface area contributed by atoms with Crippen LogP contribution in [0.1, 0.15) is 18.9 Å². The second-order valence-corrected chi connectivity index (χ2v) is 5.66. The number of aliphatic hydroxyl groups is 1. The number of rotatable bonds is 5. The van der Waals surface area contributed by atoms with Gasteiger partial charge in [0.05, 0.1) is 0 Å². The third-order valence-corrected chi connectivity index (χ3v) is 3.76. The van der Waals surface area contributed by atoms with E-state index in [-0.39, 0.29) is 12.5 Å². The SMILES string of the molecule is Cc1c(Cl)cc(NC(=O)C(=O)NCC(C)CCO)cc1Cl. The molecule has 21 heavy (non-hydrogen) atoms. The first-order valence-corrected chi connectivity index (χ1v) is 7.26. The summed E-state index contributed by atoms with van der Waals surface area (Å²) < 4.78 is 0. The second-order valence-electron chi connectivity index (χ2n) is 4.85. The van der Waals surface area contributed by atoms with Gasteiger partial charge in [-0.1, -0.05) is 30.1 Å². The number of anilines is 1. The van der Waals surface area contributed by atoms with E-state index >= 15 is 0 Å². The molecule has 1 rings (SSSR count). The molecular weight excluding hydrogens is 315 g/mol. The van der Waals surface area contributed by atoms with Crippen LogP contribution in [-0.4, -0.2) is 30.1 Å². The van der Waals surface area contributed by atoms with Gasteiger partial charge < -0.3 is 15.7 Å². The number of amides is 2. The van der Waals surface area contributed by atoms with Crippen LogP contribution in [-0.2, 0) is 9.59 Å². The maximum absolute atomic E-state index is 11.7. The topological polar surface area (TPSA) is 78.4 Å². The van der Waals surface area contributed by atoms with Gasteiger partial charge in [0.25, 0.3) is 0 Å². The Labute approximate surface area is 133 Å². The van der Waals surface area contributed by atoms with Crippen molar-refractivity contribution in [1.82, 2.24) is 5.32 Å². The van der Waals surface area contributed by atoms with Crippen LogP contribution in [0, 0.1) is 12.8 Å². The lowest BCUT2D eigenvalue weighted by Gasteiger charge is -2.11. The highest BCUT2D eigenvalue weighted by Crippen LogP contribution is 2.27. The molecule has 116 valence electrons. The number of benzene rings is 1. The van der Waals surface area contributed by atoms with Crippen molar-refractivity contribution in [2.24, 2.45) is 5.92 Å². The summed E-state index contributed by atoms with van der Waals surface area (Å²) in [6, 6.07) is 3.06. The lowest BCUT2D eigenvalue weighted by Crippen LogP contribution is -2.37. The van der Waals surface area contributed by atoms with Crippen molar-refractivity contribution in [3.8, 4) is 0 Å². The number of nitrogens with one attached hydrogen (secondary N) is 2. The first-order valence-electron chi connectivity index (χ1n) is 6.50. The molecule has 0 aliphatic carbocycles. The van der Waals surface area contributed by atoms with Crippen molar-refractivity contribution in [1.29, 1.82) is 0 Å². The Hall–Kier alpha value is -1.30. The van der Waals surface area contributed by atoms with Crippen molar-refractivity contribution < 1.29 is 14.7 Å². The summed E-state index contributed by atoms with van der Waals surface area (Å²) in [6.07, 6.45) is 0.561. The molecule has 3 N–H and O–H groups in total. The molecule has 5 nitrogen and oxygen atoms in total. The first-order chi connectivity index (χ1) is 9.85. The molecule has 0 aliphatic heterocycles. The van der Waals surface area contributed by atoms with Crippen LogP contribution in [0.15, 0.2) is 12.1 Å². The predicted octanol–water partition coefficient (Wildman–Crippen LogP) is 2.38. The van der Waals surface area contributed by atoms with Crippen LogP contribution >= 0.6 is 23.2 Å². The van der Waals surface area contributed by atoms with Crippen LogP contribution in [0.5, 0.6) is 0 Å². The first kappa shape index (κ1) is 17.8. The van der Waals surface area contributed by atoms with Crippen LogP contribution in [0.4, 0.5) is 5.69 Å². The number of aliphatic hydroxyl groups excluding tert-OH is 1. The van der Waals surface area contributed by atoms with Gasteiger partial charge in [-0.05, 0) is 37.0 Å². The normalized spacial score (nSPS) is 11.9. The molecular formula is C14H18Cl2N2O3. The van der Waals surface area contributed by atoms with E-state index in [1.165, 1.54) is 12.1 Å². The van der Waals surface area contributed by atoms with E-state index in [2.05, 4.69) is 10.6 Å². The van der Waals surface area contributed by atoms with Crippen LogP contribution in [0.3, 0.4) is 0 Å². The Morgan fingerprint density at radius 3 is 2.33 bits per heavy atom. The van der Waals surface area contributed by atoms with Gasteiger partial charge in [-0.15, -0.1) is 0 Å². The lowest BCUT2D eigenvalue weighted by atomic mass is 10.1. The van der Waals surface area contributed by atoms with Gasteiger partial charge in [-0.3, -0.25) is 9.59 Å². The van der Waals surface area contributed by atoms with E-state index in [0.29, 0.717) is 34.3 Å². The summed E-state index contributed by atoms with van der Waals surface area (Å²) in [7, 11) is 0. The van der Waals surface area contributed by atoms with Crippen molar-refractivity contribution in [2.45, 2.75) is 20.3 Å². The van der Waals surface area contributed by atoms with E-state index in [1.54, 1.807) is 6.92 Å². The van der Waals surface area contributed by atoms with E-state index in [9.17, 15) is 9.59 Å². The third kappa shape index (κ3) is 5.53. The Morgan fingerprint density at radius 2 is 1.81 bits per heavy atom. The summed E-state index contributed by atoms with van der Waals surface area (Å²) in [5, 5.41) is 14.5. The Kier molecular flexibility index (Phi) is 6.95. The standard InChI is InChI=1S/C14H18Cl2N2O3/c1-8(3-4-19)7-17-13(20)14(21)18-10-5-11(15)9(2)12(16)6-10/h5-6,8,19H,3-4,7H2,1-2H3,(H,17,20)(H,18,21). The minimum Gasteiger partial charge on any atom is -0.396 e. The van der Waals surface area contributed by atoms with Gasteiger partial charge in [-0.25, -0.2) is 0 Å². The zero-order chi connectivity index (χ0) is 16.0. The molecule has 0 bridgehead atoms. The molecule has 0 spiro atoms. The molecule has 7 heteroatoms. The van der Waals surface area contributed by atoms with Crippen LogP contribution in [0.2, 0.25) is 10.0 Å². The average molecular weight is 333 g/mol. The molecule has 0 radical (unpaired) electrons. The maximum Gasteiger partial charge on any atom is 0.313 e. The van der Waals surface area contributed by atoms with Crippen molar-refractivity contribution in [3.05, 3.63) is 27.7 Å². The number of hydrogen-bond donors (Lipinski definition) is 3. The summed E-state index contributed by atoms with van der Waals surface area (Å²) in [5.41, 5.74) is 1.07. The molecule has 0 fully saturated rings. The van der Waals surface area contributed by atoms with Gasteiger partial charge in [0.2, 0.25) is 0 Å². The summed E-state index contributed by atoms with van der Waals surface area (Å²) in [5.74, 6) is -1.44. The van der Waals surface area contributed by atoms with E-state index < -0.39 is 11.8 Å².